The second-order valence-electron chi connectivity index (χ2n) is 5.71. The first-order valence-corrected chi connectivity index (χ1v) is 9.91. The van der Waals surface area contributed by atoms with Gasteiger partial charge in [-0.25, -0.2) is 8.42 Å². The first-order chi connectivity index (χ1) is 12.4. The van der Waals surface area contributed by atoms with Crippen molar-refractivity contribution in [1.82, 2.24) is 4.31 Å². The summed E-state index contributed by atoms with van der Waals surface area (Å²) < 4.78 is 32.4. The molecule has 0 amide bonds. The number of hydrogen-bond donors (Lipinski definition) is 0. The number of aryl methyl sites for hydroxylation is 1. The maximum Gasteiger partial charge on any atom is 0.263 e. The van der Waals surface area contributed by atoms with Crippen LogP contribution in [0.3, 0.4) is 0 Å². The van der Waals surface area contributed by atoms with E-state index < -0.39 is 10.0 Å². The molecule has 0 saturated carbocycles. The van der Waals surface area contributed by atoms with E-state index in [4.69, 9.17) is 16.3 Å². The van der Waals surface area contributed by atoms with Crippen LogP contribution in [0.5, 0.6) is 5.75 Å². The zero-order valence-electron chi connectivity index (χ0n) is 14.9. The summed E-state index contributed by atoms with van der Waals surface area (Å²) in [4.78, 5) is 0.225. The molecule has 2 aromatic carbocycles. The number of hydrogen-bond acceptors (Lipinski definition) is 3. The minimum atomic E-state index is -3.71. The fourth-order valence-corrected chi connectivity index (χ4v) is 3.91. The van der Waals surface area contributed by atoms with Crippen LogP contribution in [0.2, 0.25) is 0 Å². The quantitative estimate of drug-likeness (QED) is 0.607. The highest BCUT2D eigenvalue weighted by Gasteiger charge is 2.21. The molecular weight excluding hydrogens is 370 g/mol. The maximum atomic E-state index is 13.0. The molecule has 0 aromatic heterocycles. The zero-order valence-corrected chi connectivity index (χ0v) is 16.4. The van der Waals surface area contributed by atoms with Gasteiger partial charge in [-0.15, -0.1) is 6.58 Å². The number of rotatable bonds is 8. The predicted octanol–water partition coefficient (Wildman–Crippen LogP) is 4.81. The monoisotopic (exact) mass is 391 g/mol. The lowest BCUT2D eigenvalue weighted by Gasteiger charge is -2.21. The summed E-state index contributed by atoms with van der Waals surface area (Å²) in [5, 5.41) is 0.326. The molecule has 2 rings (SSSR count). The second-order valence-corrected chi connectivity index (χ2v) is 8.01. The Hall–Kier alpha value is -2.24. The second kappa shape index (κ2) is 8.92. The largest absolute Gasteiger partial charge is 0.497 e. The number of nitrogens with zero attached hydrogens (tertiary/aromatic N) is 1. The van der Waals surface area contributed by atoms with Crippen molar-refractivity contribution in [3.63, 3.8) is 0 Å². The Labute approximate surface area is 160 Å². The van der Waals surface area contributed by atoms with Gasteiger partial charge in [0.2, 0.25) is 0 Å². The van der Waals surface area contributed by atoms with E-state index in [0.29, 0.717) is 22.8 Å². The third kappa shape index (κ3) is 4.90. The van der Waals surface area contributed by atoms with Crippen LogP contribution in [0, 0.1) is 6.92 Å². The summed E-state index contributed by atoms with van der Waals surface area (Å²) >= 11 is 6.38. The van der Waals surface area contributed by atoms with Gasteiger partial charge in [0.05, 0.1) is 17.0 Å². The molecule has 0 unspecified atom stereocenters. The molecule has 0 heterocycles. The standard InChI is InChI=1S/C20H22ClNO3S/c1-4-5-14-22(26(23,24)19-12-6-16(2)7-13-19)15-20(21)17-8-10-18(25-3)11-9-17/h4,6-13,15H,1,5,14H2,2-3H3/b20-15-. The van der Waals surface area contributed by atoms with Gasteiger partial charge in [-0.1, -0.05) is 35.4 Å². The van der Waals surface area contributed by atoms with Crippen LogP contribution in [0.4, 0.5) is 0 Å². The summed E-state index contributed by atoms with van der Waals surface area (Å²) in [6.07, 6.45) is 3.63. The van der Waals surface area contributed by atoms with E-state index in [2.05, 4.69) is 6.58 Å². The molecule has 6 heteroatoms. The van der Waals surface area contributed by atoms with Crippen LogP contribution in [0.25, 0.3) is 5.03 Å². The molecule has 26 heavy (non-hydrogen) atoms. The van der Waals surface area contributed by atoms with Gasteiger partial charge >= 0.3 is 0 Å². The van der Waals surface area contributed by atoms with Gasteiger partial charge < -0.3 is 4.74 Å². The number of ether oxygens (including phenoxy) is 1. The summed E-state index contributed by atoms with van der Waals surface area (Å²) in [6.45, 7) is 5.83. The van der Waals surface area contributed by atoms with E-state index in [-0.39, 0.29) is 11.4 Å². The summed E-state index contributed by atoms with van der Waals surface area (Å²) in [5.74, 6) is 0.703. The average Bonchev–Trinajstić information content (AvgIpc) is 2.65. The lowest BCUT2D eigenvalue weighted by molar-refractivity contribution is 0.415. The lowest BCUT2D eigenvalue weighted by atomic mass is 10.2. The molecule has 0 aliphatic heterocycles. The van der Waals surface area contributed by atoms with Gasteiger partial charge in [0, 0.05) is 12.7 Å². The molecule has 2 aromatic rings. The van der Waals surface area contributed by atoms with Gasteiger partial charge in [0.1, 0.15) is 5.75 Å². The fourth-order valence-electron chi connectivity index (χ4n) is 2.27. The van der Waals surface area contributed by atoms with E-state index in [1.54, 1.807) is 61.7 Å². The number of sulfonamides is 1. The number of methoxy groups -OCH3 is 1. The molecule has 0 bridgehead atoms. The Balaban J connectivity index is 2.38. The number of benzene rings is 2. The molecule has 0 atom stereocenters. The van der Waals surface area contributed by atoms with Gasteiger partial charge in [-0.05, 0) is 55.3 Å². The molecule has 0 radical (unpaired) electrons. The Kier molecular flexibility index (Phi) is 6.89. The smallest absolute Gasteiger partial charge is 0.263 e. The molecular formula is C20H22ClNO3S. The topological polar surface area (TPSA) is 46.6 Å². The van der Waals surface area contributed by atoms with Gasteiger partial charge in [0.25, 0.3) is 10.0 Å². The lowest BCUT2D eigenvalue weighted by Crippen LogP contribution is -2.27. The Morgan fingerprint density at radius 2 is 1.77 bits per heavy atom. The minimum absolute atomic E-state index is 0.225. The SMILES string of the molecule is C=CCCN(/C=C(\Cl)c1ccc(OC)cc1)S(=O)(=O)c1ccc(C)cc1. The van der Waals surface area contributed by atoms with Crippen LogP contribution in [-0.2, 0) is 10.0 Å². The van der Waals surface area contributed by atoms with Crippen molar-refractivity contribution in [3.8, 4) is 5.75 Å². The molecule has 0 spiro atoms. The van der Waals surface area contributed by atoms with E-state index in [1.807, 2.05) is 6.92 Å². The van der Waals surface area contributed by atoms with Crippen molar-refractivity contribution >= 4 is 26.7 Å². The van der Waals surface area contributed by atoms with Crippen LogP contribution in [0.15, 0.2) is 72.3 Å². The molecule has 0 aliphatic carbocycles. The highest BCUT2D eigenvalue weighted by molar-refractivity contribution is 7.89. The summed E-state index contributed by atoms with van der Waals surface area (Å²) in [5.41, 5.74) is 1.70. The Morgan fingerprint density at radius 3 is 2.31 bits per heavy atom. The van der Waals surface area contributed by atoms with Gasteiger partial charge in [0.15, 0.2) is 0 Å². The normalized spacial score (nSPS) is 11.9. The van der Waals surface area contributed by atoms with E-state index in [0.717, 1.165) is 5.56 Å². The predicted molar refractivity (Wildman–Crippen MR) is 107 cm³/mol. The third-order valence-electron chi connectivity index (χ3n) is 3.80. The van der Waals surface area contributed by atoms with Crippen LogP contribution in [0.1, 0.15) is 17.5 Å². The first-order valence-electron chi connectivity index (χ1n) is 8.09. The van der Waals surface area contributed by atoms with Crippen molar-refractivity contribution in [3.05, 3.63) is 78.5 Å². The van der Waals surface area contributed by atoms with Gasteiger partial charge in [-0.3, -0.25) is 4.31 Å². The minimum Gasteiger partial charge on any atom is -0.497 e. The highest BCUT2D eigenvalue weighted by Crippen LogP contribution is 2.25. The number of halogens is 1. The Bertz CT molecular complexity index is 872. The van der Waals surface area contributed by atoms with Crippen molar-refractivity contribution in [1.29, 1.82) is 0 Å². The average molecular weight is 392 g/mol. The molecule has 0 aliphatic rings. The van der Waals surface area contributed by atoms with Crippen molar-refractivity contribution in [2.75, 3.05) is 13.7 Å². The van der Waals surface area contributed by atoms with Crippen molar-refractivity contribution in [2.45, 2.75) is 18.2 Å². The van der Waals surface area contributed by atoms with E-state index in [1.165, 1.54) is 10.5 Å². The fraction of sp³-hybridized carbons (Fsp3) is 0.200. The third-order valence-corrected chi connectivity index (χ3v) is 5.89. The first kappa shape index (κ1) is 20.1. The molecule has 0 N–H and O–H groups in total. The zero-order chi connectivity index (χ0) is 19.2. The van der Waals surface area contributed by atoms with E-state index >= 15 is 0 Å². The maximum absolute atomic E-state index is 13.0. The molecule has 138 valence electrons. The molecule has 0 fully saturated rings. The summed E-state index contributed by atoms with van der Waals surface area (Å²) in [7, 11) is -2.12. The molecule has 0 saturated heterocycles. The van der Waals surface area contributed by atoms with Crippen molar-refractivity contribution in [2.24, 2.45) is 0 Å². The molecule has 4 nitrogen and oxygen atoms in total. The van der Waals surface area contributed by atoms with Crippen LogP contribution in [-0.4, -0.2) is 26.4 Å². The van der Waals surface area contributed by atoms with Crippen molar-refractivity contribution < 1.29 is 13.2 Å². The highest BCUT2D eigenvalue weighted by atomic mass is 35.5. The van der Waals surface area contributed by atoms with Gasteiger partial charge in [-0.2, -0.15) is 0 Å². The van der Waals surface area contributed by atoms with Crippen LogP contribution >= 0.6 is 11.6 Å². The van der Waals surface area contributed by atoms with E-state index in [9.17, 15) is 8.42 Å². The summed E-state index contributed by atoms with van der Waals surface area (Å²) in [6, 6.07) is 13.8. The Morgan fingerprint density at radius 1 is 1.15 bits per heavy atom. The van der Waals surface area contributed by atoms with Crippen LogP contribution < -0.4 is 4.74 Å².